The lowest BCUT2D eigenvalue weighted by Gasteiger charge is -2.22. The number of nitrogens with zero attached hydrogens (tertiary/aromatic N) is 4. The molecule has 6 nitrogen and oxygen atoms in total. The van der Waals surface area contributed by atoms with E-state index in [2.05, 4.69) is 15.5 Å². The van der Waals surface area contributed by atoms with Crippen molar-refractivity contribution in [2.45, 2.75) is 38.1 Å². The SMILES string of the molecule is COc1ccc(N)cc1-c1nnnn1C1CCCCC1. The molecule has 1 saturated carbocycles. The van der Waals surface area contributed by atoms with E-state index in [9.17, 15) is 0 Å². The van der Waals surface area contributed by atoms with E-state index in [-0.39, 0.29) is 0 Å². The van der Waals surface area contributed by atoms with Crippen LogP contribution in [-0.4, -0.2) is 27.3 Å². The molecule has 1 aliphatic carbocycles. The number of nitrogen functional groups attached to an aromatic ring is 1. The minimum Gasteiger partial charge on any atom is -0.496 e. The summed E-state index contributed by atoms with van der Waals surface area (Å²) >= 11 is 0. The van der Waals surface area contributed by atoms with Crippen molar-refractivity contribution in [2.24, 2.45) is 0 Å². The van der Waals surface area contributed by atoms with Gasteiger partial charge in [-0.3, -0.25) is 0 Å². The van der Waals surface area contributed by atoms with E-state index in [0.29, 0.717) is 11.7 Å². The second-order valence-electron chi connectivity index (χ2n) is 5.20. The van der Waals surface area contributed by atoms with E-state index < -0.39 is 0 Å². The molecule has 0 radical (unpaired) electrons. The number of anilines is 1. The average Bonchev–Trinajstić information content (AvgIpc) is 2.97. The Labute approximate surface area is 117 Å². The summed E-state index contributed by atoms with van der Waals surface area (Å²) in [5.41, 5.74) is 7.41. The smallest absolute Gasteiger partial charge is 0.186 e. The molecule has 0 amide bonds. The predicted octanol–water partition coefficient (Wildman–Crippen LogP) is 2.44. The third-order valence-electron chi connectivity index (χ3n) is 3.88. The fourth-order valence-corrected chi connectivity index (χ4v) is 2.84. The summed E-state index contributed by atoms with van der Waals surface area (Å²) in [7, 11) is 1.64. The summed E-state index contributed by atoms with van der Waals surface area (Å²) in [5.74, 6) is 1.48. The quantitative estimate of drug-likeness (QED) is 0.869. The van der Waals surface area contributed by atoms with E-state index in [1.54, 1.807) is 7.11 Å². The molecule has 1 aromatic carbocycles. The van der Waals surface area contributed by atoms with Crippen LogP contribution in [0.25, 0.3) is 11.4 Å². The maximum absolute atomic E-state index is 5.88. The number of aromatic nitrogens is 4. The van der Waals surface area contributed by atoms with Crippen LogP contribution in [0.2, 0.25) is 0 Å². The van der Waals surface area contributed by atoms with Crippen molar-refractivity contribution in [1.29, 1.82) is 0 Å². The Kier molecular flexibility index (Phi) is 3.54. The summed E-state index contributed by atoms with van der Waals surface area (Å²) in [5, 5.41) is 12.2. The monoisotopic (exact) mass is 273 g/mol. The molecule has 6 heteroatoms. The van der Waals surface area contributed by atoms with E-state index >= 15 is 0 Å². The minimum absolute atomic E-state index is 0.375. The maximum Gasteiger partial charge on any atom is 0.186 e. The highest BCUT2D eigenvalue weighted by Crippen LogP contribution is 2.34. The van der Waals surface area contributed by atoms with Crippen molar-refractivity contribution < 1.29 is 4.74 Å². The van der Waals surface area contributed by atoms with Gasteiger partial charge < -0.3 is 10.5 Å². The van der Waals surface area contributed by atoms with Crippen LogP contribution in [0, 0.1) is 0 Å². The molecule has 1 fully saturated rings. The molecule has 3 rings (SSSR count). The van der Waals surface area contributed by atoms with Crippen LogP contribution < -0.4 is 10.5 Å². The molecule has 0 atom stereocenters. The van der Waals surface area contributed by atoms with Gasteiger partial charge in [-0.05, 0) is 41.5 Å². The van der Waals surface area contributed by atoms with Crippen molar-refractivity contribution in [2.75, 3.05) is 12.8 Å². The molecule has 1 aromatic heterocycles. The van der Waals surface area contributed by atoms with E-state index in [4.69, 9.17) is 10.5 Å². The fraction of sp³-hybridized carbons (Fsp3) is 0.500. The third kappa shape index (κ3) is 2.33. The molecule has 0 saturated heterocycles. The molecular formula is C14H19N5O. The lowest BCUT2D eigenvalue weighted by atomic mass is 9.95. The number of nitrogens with two attached hydrogens (primary N) is 1. The van der Waals surface area contributed by atoms with Gasteiger partial charge in [0, 0.05) is 5.69 Å². The Hall–Kier alpha value is -2.11. The Morgan fingerprint density at radius 3 is 2.80 bits per heavy atom. The summed E-state index contributed by atoms with van der Waals surface area (Å²) in [6.45, 7) is 0. The Morgan fingerprint density at radius 1 is 1.25 bits per heavy atom. The zero-order valence-corrected chi connectivity index (χ0v) is 11.6. The number of hydrogen-bond donors (Lipinski definition) is 1. The van der Waals surface area contributed by atoms with E-state index in [0.717, 1.165) is 30.0 Å². The van der Waals surface area contributed by atoms with Crippen molar-refractivity contribution in [1.82, 2.24) is 20.2 Å². The number of methoxy groups -OCH3 is 1. The largest absolute Gasteiger partial charge is 0.496 e. The highest BCUT2D eigenvalue weighted by atomic mass is 16.5. The Bertz CT molecular complexity index is 589. The van der Waals surface area contributed by atoms with Gasteiger partial charge in [0.1, 0.15) is 5.75 Å². The highest BCUT2D eigenvalue weighted by molar-refractivity contribution is 5.68. The Morgan fingerprint density at radius 2 is 2.05 bits per heavy atom. The van der Waals surface area contributed by atoms with Crippen LogP contribution in [-0.2, 0) is 0 Å². The molecule has 1 aliphatic rings. The molecule has 0 bridgehead atoms. The van der Waals surface area contributed by atoms with Gasteiger partial charge in [0.25, 0.3) is 0 Å². The van der Waals surface area contributed by atoms with Crippen LogP contribution in [0.1, 0.15) is 38.1 Å². The summed E-state index contributed by atoms with van der Waals surface area (Å²) in [4.78, 5) is 0. The van der Waals surface area contributed by atoms with Crippen LogP contribution >= 0.6 is 0 Å². The van der Waals surface area contributed by atoms with Crippen molar-refractivity contribution in [3.05, 3.63) is 18.2 Å². The number of tetrazole rings is 1. The normalized spacial score (nSPS) is 16.2. The fourth-order valence-electron chi connectivity index (χ4n) is 2.84. The average molecular weight is 273 g/mol. The van der Waals surface area contributed by atoms with Crippen molar-refractivity contribution in [3.63, 3.8) is 0 Å². The molecule has 0 spiro atoms. The second kappa shape index (κ2) is 5.48. The van der Waals surface area contributed by atoms with Gasteiger partial charge in [0.15, 0.2) is 5.82 Å². The Balaban J connectivity index is 2.02. The van der Waals surface area contributed by atoms with Crippen LogP contribution in [0.3, 0.4) is 0 Å². The van der Waals surface area contributed by atoms with Gasteiger partial charge in [0.2, 0.25) is 0 Å². The topological polar surface area (TPSA) is 78.8 Å². The molecule has 2 N–H and O–H groups in total. The van der Waals surface area contributed by atoms with Gasteiger partial charge in [0.05, 0.1) is 18.7 Å². The standard InChI is InChI=1S/C14H19N5O/c1-20-13-8-7-10(15)9-12(13)14-16-17-18-19(14)11-5-3-2-4-6-11/h7-9,11H,2-6,15H2,1H3. The van der Waals surface area contributed by atoms with Crippen LogP contribution in [0.15, 0.2) is 18.2 Å². The van der Waals surface area contributed by atoms with Crippen molar-refractivity contribution in [3.8, 4) is 17.1 Å². The second-order valence-corrected chi connectivity index (χ2v) is 5.20. The van der Waals surface area contributed by atoms with E-state index in [1.807, 2.05) is 22.9 Å². The van der Waals surface area contributed by atoms with E-state index in [1.165, 1.54) is 19.3 Å². The summed E-state index contributed by atoms with van der Waals surface area (Å²) in [6, 6.07) is 5.91. The maximum atomic E-state index is 5.88. The number of hydrogen-bond acceptors (Lipinski definition) is 5. The molecule has 0 unspecified atom stereocenters. The minimum atomic E-state index is 0.375. The van der Waals surface area contributed by atoms with Crippen LogP contribution in [0.4, 0.5) is 5.69 Å². The summed E-state index contributed by atoms with van der Waals surface area (Å²) in [6.07, 6.45) is 6.02. The van der Waals surface area contributed by atoms with Gasteiger partial charge in [-0.25, -0.2) is 4.68 Å². The first-order chi connectivity index (χ1) is 9.79. The van der Waals surface area contributed by atoms with Gasteiger partial charge in [-0.15, -0.1) is 5.10 Å². The first-order valence-electron chi connectivity index (χ1n) is 7.01. The number of ether oxygens (including phenoxy) is 1. The first-order valence-corrected chi connectivity index (χ1v) is 7.01. The van der Waals surface area contributed by atoms with Crippen molar-refractivity contribution >= 4 is 5.69 Å². The molecule has 1 heterocycles. The van der Waals surface area contributed by atoms with Gasteiger partial charge >= 0.3 is 0 Å². The number of benzene rings is 1. The van der Waals surface area contributed by atoms with Gasteiger partial charge in [-0.1, -0.05) is 19.3 Å². The third-order valence-corrected chi connectivity index (χ3v) is 3.88. The molecule has 106 valence electrons. The lowest BCUT2D eigenvalue weighted by molar-refractivity contribution is 0.326. The molecule has 2 aromatic rings. The van der Waals surface area contributed by atoms with Crippen LogP contribution in [0.5, 0.6) is 5.75 Å². The summed E-state index contributed by atoms with van der Waals surface area (Å²) < 4.78 is 7.33. The molecule has 20 heavy (non-hydrogen) atoms. The zero-order valence-electron chi connectivity index (χ0n) is 11.6. The first kappa shape index (κ1) is 12.9. The zero-order chi connectivity index (χ0) is 13.9. The molecular weight excluding hydrogens is 254 g/mol. The predicted molar refractivity (Wildman–Crippen MR) is 76.3 cm³/mol. The lowest BCUT2D eigenvalue weighted by Crippen LogP contribution is -2.15. The molecule has 0 aliphatic heterocycles. The number of rotatable bonds is 3. The van der Waals surface area contributed by atoms with Gasteiger partial charge in [-0.2, -0.15) is 0 Å². The highest BCUT2D eigenvalue weighted by Gasteiger charge is 2.22.